The first kappa shape index (κ1) is 25.4. The second-order valence-corrected chi connectivity index (χ2v) is 7.94. The van der Waals surface area contributed by atoms with Gasteiger partial charge in [-0.05, 0) is 12.8 Å². The van der Waals surface area contributed by atoms with E-state index in [1.165, 1.54) is 0 Å². The summed E-state index contributed by atoms with van der Waals surface area (Å²) in [6, 6.07) is 0. The maximum Gasteiger partial charge on any atom is 0.306 e. The number of carbonyl (C=O) groups is 3. The zero-order valence-corrected chi connectivity index (χ0v) is 18.4. The number of aliphatic carboxylic acids is 1. The van der Waals surface area contributed by atoms with Crippen LogP contribution in [0.5, 0.6) is 0 Å². The van der Waals surface area contributed by atoms with Crippen molar-refractivity contribution in [2.24, 2.45) is 17.8 Å². The summed E-state index contributed by atoms with van der Waals surface area (Å²) in [5.41, 5.74) is 0. The largest absolute Gasteiger partial charge is 0.481 e. The van der Waals surface area contributed by atoms with Gasteiger partial charge in [0, 0.05) is 38.0 Å². The van der Waals surface area contributed by atoms with Gasteiger partial charge in [-0.25, -0.2) is 0 Å². The number of carboxylic acid groups (broad SMARTS) is 1. The van der Waals surface area contributed by atoms with Crippen molar-refractivity contribution in [3.63, 3.8) is 0 Å². The number of carboxylic acids is 1. The summed E-state index contributed by atoms with van der Waals surface area (Å²) in [7, 11) is 0. The van der Waals surface area contributed by atoms with Crippen LogP contribution in [0.4, 0.5) is 0 Å². The molecule has 8 nitrogen and oxygen atoms in total. The van der Waals surface area contributed by atoms with Gasteiger partial charge in [-0.15, -0.1) is 0 Å². The average molecular weight is 415 g/mol. The van der Waals surface area contributed by atoms with Crippen molar-refractivity contribution in [1.29, 1.82) is 0 Å². The molecular formula is C21H38N2O6. The first-order chi connectivity index (χ1) is 13.8. The summed E-state index contributed by atoms with van der Waals surface area (Å²) in [4.78, 5) is 39.8. The monoisotopic (exact) mass is 414 g/mol. The number of hydrogen-bond acceptors (Lipinski definition) is 5. The predicted molar refractivity (Wildman–Crippen MR) is 109 cm³/mol. The summed E-state index contributed by atoms with van der Waals surface area (Å²) >= 11 is 0. The fourth-order valence-electron chi connectivity index (χ4n) is 3.48. The molecule has 1 fully saturated rings. The Morgan fingerprint density at radius 1 is 0.793 bits per heavy atom. The van der Waals surface area contributed by atoms with Crippen LogP contribution in [0, 0.1) is 17.8 Å². The molecule has 0 radical (unpaired) electrons. The normalized spacial score (nSPS) is 20.1. The van der Waals surface area contributed by atoms with E-state index in [0.29, 0.717) is 59.0 Å². The average Bonchev–Trinajstić information content (AvgIpc) is 2.67. The molecule has 3 atom stereocenters. The molecule has 0 aliphatic carbocycles. The van der Waals surface area contributed by atoms with Crippen LogP contribution < -0.4 is 0 Å². The Hall–Kier alpha value is -1.67. The molecule has 0 unspecified atom stereocenters. The Morgan fingerprint density at radius 3 is 1.59 bits per heavy atom. The van der Waals surface area contributed by atoms with Crippen LogP contribution in [0.15, 0.2) is 0 Å². The molecular weight excluding hydrogens is 376 g/mol. The van der Waals surface area contributed by atoms with E-state index < -0.39 is 11.9 Å². The molecule has 0 aromatic rings. The zero-order valence-electron chi connectivity index (χ0n) is 18.4. The lowest BCUT2D eigenvalue weighted by Gasteiger charge is -2.29. The molecule has 1 aliphatic rings. The van der Waals surface area contributed by atoms with Gasteiger partial charge in [-0.1, -0.05) is 34.1 Å². The topological polar surface area (TPSA) is 96.4 Å². The number of rotatable bonds is 7. The van der Waals surface area contributed by atoms with Gasteiger partial charge in [-0.2, -0.15) is 0 Å². The van der Waals surface area contributed by atoms with Crippen molar-refractivity contribution in [1.82, 2.24) is 9.80 Å². The molecule has 168 valence electrons. The van der Waals surface area contributed by atoms with Gasteiger partial charge in [0.1, 0.15) is 0 Å². The lowest BCUT2D eigenvalue weighted by Crippen LogP contribution is -2.43. The molecule has 0 aromatic carbocycles. The first-order valence-corrected chi connectivity index (χ1v) is 10.7. The number of amides is 2. The molecule has 0 spiro atoms. The van der Waals surface area contributed by atoms with Gasteiger partial charge in [-0.3, -0.25) is 14.4 Å². The fraction of sp³-hybridized carbons (Fsp3) is 0.857. The van der Waals surface area contributed by atoms with E-state index in [0.717, 1.165) is 12.8 Å². The molecule has 0 bridgehead atoms. The molecule has 0 aromatic heterocycles. The van der Waals surface area contributed by atoms with Gasteiger partial charge < -0.3 is 24.4 Å². The van der Waals surface area contributed by atoms with E-state index in [1.807, 2.05) is 6.92 Å². The third-order valence-corrected chi connectivity index (χ3v) is 5.34. The van der Waals surface area contributed by atoms with E-state index in [2.05, 4.69) is 6.92 Å². The standard InChI is InChI=1S/C21H38N2O6/c1-5-6-16(2)19(24)22-7-11-28-13-9-23(10-14-29-12-8-22)20(25)17(3)15-18(4)21(26)27/h16-18H,5-15H2,1-4H3,(H,26,27)/t16-,17+,18+/m0/s1. The number of ether oxygens (including phenoxy) is 2. The maximum absolute atomic E-state index is 12.7. The van der Waals surface area contributed by atoms with E-state index >= 15 is 0 Å². The lowest BCUT2D eigenvalue weighted by atomic mass is 9.96. The van der Waals surface area contributed by atoms with E-state index in [4.69, 9.17) is 14.6 Å². The van der Waals surface area contributed by atoms with E-state index in [1.54, 1.807) is 23.6 Å². The molecule has 1 N–H and O–H groups in total. The van der Waals surface area contributed by atoms with Crippen LogP contribution in [0.2, 0.25) is 0 Å². The van der Waals surface area contributed by atoms with Gasteiger partial charge in [0.2, 0.25) is 11.8 Å². The van der Waals surface area contributed by atoms with Crippen molar-refractivity contribution in [3.05, 3.63) is 0 Å². The fourth-order valence-corrected chi connectivity index (χ4v) is 3.48. The van der Waals surface area contributed by atoms with Crippen LogP contribution in [0.3, 0.4) is 0 Å². The van der Waals surface area contributed by atoms with Crippen LogP contribution in [0.1, 0.15) is 47.0 Å². The second-order valence-electron chi connectivity index (χ2n) is 7.94. The third kappa shape index (κ3) is 9.12. The molecule has 1 rings (SSSR count). The Balaban J connectivity index is 2.58. The third-order valence-electron chi connectivity index (χ3n) is 5.34. The lowest BCUT2D eigenvalue weighted by molar-refractivity contribution is -0.143. The predicted octanol–water partition coefficient (Wildman–Crippen LogP) is 1.87. The highest BCUT2D eigenvalue weighted by atomic mass is 16.5. The Kier molecular flexibility index (Phi) is 11.8. The summed E-state index contributed by atoms with van der Waals surface area (Å²) in [6.07, 6.45) is 2.15. The minimum absolute atomic E-state index is 0.00398. The van der Waals surface area contributed by atoms with Gasteiger partial charge in [0.15, 0.2) is 0 Å². The maximum atomic E-state index is 12.7. The van der Waals surface area contributed by atoms with Gasteiger partial charge in [0.25, 0.3) is 0 Å². The highest BCUT2D eigenvalue weighted by molar-refractivity contribution is 5.79. The van der Waals surface area contributed by atoms with Gasteiger partial charge >= 0.3 is 5.97 Å². The van der Waals surface area contributed by atoms with Crippen molar-refractivity contribution in [3.8, 4) is 0 Å². The second kappa shape index (κ2) is 13.5. The molecule has 2 amide bonds. The molecule has 1 heterocycles. The van der Waals surface area contributed by atoms with Crippen LogP contribution in [-0.4, -0.2) is 85.3 Å². The molecule has 1 aliphatic heterocycles. The first-order valence-electron chi connectivity index (χ1n) is 10.7. The van der Waals surface area contributed by atoms with Gasteiger partial charge in [0.05, 0.1) is 32.3 Å². The summed E-state index contributed by atoms with van der Waals surface area (Å²) < 4.78 is 11.4. The van der Waals surface area contributed by atoms with Crippen molar-refractivity contribution in [2.45, 2.75) is 47.0 Å². The molecule has 0 saturated carbocycles. The van der Waals surface area contributed by atoms with Crippen molar-refractivity contribution < 1.29 is 29.0 Å². The highest BCUT2D eigenvalue weighted by Crippen LogP contribution is 2.15. The Morgan fingerprint density at radius 2 is 1.21 bits per heavy atom. The molecule has 1 saturated heterocycles. The van der Waals surface area contributed by atoms with Crippen LogP contribution in [-0.2, 0) is 23.9 Å². The summed E-state index contributed by atoms with van der Waals surface area (Å²) in [5.74, 6) is -1.77. The molecule has 8 heteroatoms. The Labute approximate surface area is 174 Å². The zero-order chi connectivity index (χ0) is 21.8. The molecule has 29 heavy (non-hydrogen) atoms. The minimum atomic E-state index is -0.891. The van der Waals surface area contributed by atoms with Crippen molar-refractivity contribution >= 4 is 17.8 Å². The van der Waals surface area contributed by atoms with E-state index in [-0.39, 0.29) is 23.7 Å². The quantitative estimate of drug-likeness (QED) is 0.683. The number of carbonyl (C=O) groups excluding carboxylic acids is 2. The number of nitrogens with zero attached hydrogens (tertiary/aromatic N) is 2. The van der Waals surface area contributed by atoms with Crippen LogP contribution >= 0.6 is 0 Å². The Bertz CT molecular complexity index is 513. The van der Waals surface area contributed by atoms with E-state index in [9.17, 15) is 14.4 Å². The van der Waals surface area contributed by atoms with Crippen LogP contribution in [0.25, 0.3) is 0 Å². The minimum Gasteiger partial charge on any atom is -0.481 e. The van der Waals surface area contributed by atoms with Crippen molar-refractivity contribution in [2.75, 3.05) is 52.6 Å². The summed E-state index contributed by atoms with van der Waals surface area (Å²) in [5, 5.41) is 9.06. The smallest absolute Gasteiger partial charge is 0.306 e. The SMILES string of the molecule is CCC[C@H](C)C(=O)N1CCOCCN(C(=O)[C@H](C)C[C@@H](C)C(=O)O)CCOCC1. The highest BCUT2D eigenvalue weighted by Gasteiger charge is 2.25. The summed E-state index contributed by atoms with van der Waals surface area (Å²) in [6.45, 7) is 10.9. The number of hydrogen-bond donors (Lipinski definition) is 1.